The van der Waals surface area contributed by atoms with Gasteiger partial charge in [-0.25, -0.2) is 0 Å². The Hall–Kier alpha value is -1.02. The Morgan fingerprint density at radius 3 is 2.72 bits per heavy atom. The lowest BCUT2D eigenvalue weighted by atomic mass is 10.1. The van der Waals surface area contributed by atoms with Crippen molar-refractivity contribution in [2.45, 2.75) is 29.8 Å². The van der Waals surface area contributed by atoms with Crippen molar-refractivity contribution in [3.63, 3.8) is 0 Å². The number of aliphatic hydroxyl groups excluding tert-OH is 3. The van der Waals surface area contributed by atoms with E-state index in [-0.39, 0.29) is 12.5 Å². The van der Waals surface area contributed by atoms with Gasteiger partial charge in [0, 0.05) is 11.8 Å². The van der Waals surface area contributed by atoms with Gasteiger partial charge in [-0.2, -0.15) is 0 Å². The number of amides is 1. The number of carbonyl (C=O) groups is 1. The fourth-order valence-corrected chi connectivity index (χ4v) is 3.38. The van der Waals surface area contributed by atoms with Gasteiger partial charge in [-0.3, -0.25) is 4.79 Å². The number of hydrogen-bond acceptors (Lipinski definition) is 6. The van der Waals surface area contributed by atoms with E-state index < -0.39 is 22.8 Å². The second-order valence-corrected chi connectivity index (χ2v) is 5.71. The average Bonchev–Trinajstić information content (AvgIpc) is 2.61. The molecule has 1 unspecified atom stereocenters. The molecular weight excluding hydrogens is 256 g/mol. The second-order valence-electron chi connectivity index (χ2n) is 4.35. The number of hydrogen-bond donors (Lipinski definition) is 4. The molecule has 0 aliphatic carbocycles. The van der Waals surface area contributed by atoms with Crippen LogP contribution in [-0.4, -0.2) is 55.6 Å². The molecule has 1 fully saturated rings. The number of nitrogens with one attached hydrogen (secondary N) is 1. The van der Waals surface area contributed by atoms with Gasteiger partial charge >= 0.3 is 0 Å². The smallest absolute Gasteiger partial charge is 0.253 e. The number of aliphatic hydroxyl groups is 3. The Labute approximate surface area is 109 Å². The second kappa shape index (κ2) is 4.93. The Balaban J connectivity index is 2.22. The van der Waals surface area contributed by atoms with Crippen molar-refractivity contribution in [1.82, 2.24) is 10.2 Å². The molecule has 0 aromatic heterocycles. The number of nitrogens with zero attached hydrogens (tertiary/aromatic N) is 1. The molecule has 0 spiro atoms. The minimum absolute atomic E-state index is 0.214. The Morgan fingerprint density at radius 2 is 2.17 bits per heavy atom. The summed E-state index contributed by atoms with van der Waals surface area (Å²) in [4.78, 5) is 13.0. The maximum Gasteiger partial charge on any atom is 0.253 e. The highest BCUT2D eigenvalue weighted by molar-refractivity contribution is 8.00. The van der Waals surface area contributed by atoms with E-state index in [0.717, 1.165) is 0 Å². The van der Waals surface area contributed by atoms with Crippen molar-refractivity contribution >= 4 is 17.7 Å². The summed E-state index contributed by atoms with van der Waals surface area (Å²) in [5.41, 5.74) is 0.497. The molecule has 1 amide bonds. The van der Waals surface area contributed by atoms with E-state index in [1.807, 2.05) is 0 Å². The van der Waals surface area contributed by atoms with Crippen LogP contribution in [0, 0.1) is 0 Å². The van der Waals surface area contributed by atoms with Crippen molar-refractivity contribution in [2.75, 3.05) is 6.61 Å². The van der Waals surface area contributed by atoms with Gasteiger partial charge in [-0.15, -0.1) is 11.8 Å². The molecule has 100 valence electrons. The highest BCUT2D eigenvalue weighted by Crippen LogP contribution is 2.38. The Kier molecular flexibility index (Phi) is 3.67. The van der Waals surface area contributed by atoms with Crippen LogP contribution in [0.1, 0.15) is 6.92 Å². The van der Waals surface area contributed by atoms with Crippen LogP contribution in [0.15, 0.2) is 24.2 Å². The van der Waals surface area contributed by atoms with Crippen molar-refractivity contribution in [3.8, 4) is 0 Å². The summed E-state index contributed by atoms with van der Waals surface area (Å²) in [6.45, 7) is 5.16. The molecule has 2 rings (SSSR count). The van der Waals surface area contributed by atoms with Crippen LogP contribution in [0.4, 0.5) is 0 Å². The lowest BCUT2D eigenvalue weighted by Gasteiger charge is -2.34. The Bertz CT molecular complexity index is 412. The summed E-state index contributed by atoms with van der Waals surface area (Å²) in [6.07, 6.45) is -0.416. The third-order valence-electron chi connectivity index (χ3n) is 3.05. The monoisotopic (exact) mass is 272 g/mol. The normalized spacial score (nSPS) is 36.7. The van der Waals surface area contributed by atoms with Crippen LogP contribution in [0.2, 0.25) is 0 Å². The van der Waals surface area contributed by atoms with Crippen LogP contribution in [0.25, 0.3) is 0 Å². The van der Waals surface area contributed by atoms with Gasteiger partial charge in [0.2, 0.25) is 0 Å². The zero-order valence-electron chi connectivity index (χ0n) is 9.91. The quantitative estimate of drug-likeness (QED) is 0.512. The van der Waals surface area contributed by atoms with Crippen molar-refractivity contribution in [3.05, 3.63) is 24.2 Å². The number of thioether (sulfide) groups is 1. The summed E-state index contributed by atoms with van der Waals surface area (Å²) in [5, 5.41) is 30.5. The van der Waals surface area contributed by atoms with Crippen LogP contribution in [0.5, 0.6) is 0 Å². The van der Waals surface area contributed by atoms with E-state index in [9.17, 15) is 15.0 Å². The van der Waals surface area contributed by atoms with Gasteiger partial charge in [0.1, 0.15) is 17.3 Å². The molecule has 4 N–H and O–H groups in total. The van der Waals surface area contributed by atoms with Crippen LogP contribution < -0.4 is 5.32 Å². The first-order valence-electron chi connectivity index (χ1n) is 5.55. The summed E-state index contributed by atoms with van der Waals surface area (Å²) in [7, 11) is 0. The average molecular weight is 272 g/mol. The maximum atomic E-state index is 11.4. The molecule has 0 saturated carbocycles. The fourth-order valence-electron chi connectivity index (χ4n) is 1.98. The molecule has 0 aromatic rings. The molecule has 18 heavy (non-hydrogen) atoms. The van der Waals surface area contributed by atoms with Crippen molar-refractivity contribution < 1.29 is 20.1 Å². The zero-order valence-corrected chi connectivity index (χ0v) is 10.7. The largest absolute Gasteiger partial charge is 0.395 e. The van der Waals surface area contributed by atoms with Crippen LogP contribution in [-0.2, 0) is 4.79 Å². The van der Waals surface area contributed by atoms with Gasteiger partial charge in [-0.05, 0) is 6.92 Å². The lowest BCUT2D eigenvalue weighted by molar-refractivity contribution is -0.117. The molecule has 2 aliphatic rings. The molecule has 4 atom stereocenters. The van der Waals surface area contributed by atoms with Gasteiger partial charge in [0.05, 0.1) is 18.0 Å². The van der Waals surface area contributed by atoms with Crippen molar-refractivity contribution in [1.29, 1.82) is 0 Å². The summed E-state index contributed by atoms with van der Waals surface area (Å²) >= 11 is 1.26. The first kappa shape index (κ1) is 13.4. The van der Waals surface area contributed by atoms with Gasteiger partial charge in [-0.1, -0.05) is 6.58 Å². The third kappa shape index (κ3) is 2.14. The van der Waals surface area contributed by atoms with E-state index >= 15 is 0 Å². The van der Waals surface area contributed by atoms with E-state index in [1.54, 1.807) is 18.0 Å². The number of rotatable bonds is 2. The minimum Gasteiger partial charge on any atom is -0.395 e. The first-order valence-corrected chi connectivity index (χ1v) is 6.49. The van der Waals surface area contributed by atoms with Crippen LogP contribution in [0.3, 0.4) is 0 Å². The topological polar surface area (TPSA) is 93.0 Å². The van der Waals surface area contributed by atoms with Gasteiger partial charge in [0.25, 0.3) is 5.91 Å². The van der Waals surface area contributed by atoms with Crippen LogP contribution >= 0.6 is 11.8 Å². The first-order chi connectivity index (χ1) is 8.45. The van der Waals surface area contributed by atoms with E-state index in [0.29, 0.717) is 11.4 Å². The third-order valence-corrected chi connectivity index (χ3v) is 4.61. The molecule has 0 aromatic carbocycles. The molecule has 1 saturated heterocycles. The van der Waals surface area contributed by atoms with E-state index in [2.05, 4.69) is 11.9 Å². The van der Waals surface area contributed by atoms with Gasteiger partial charge < -0.3 is 25.5 Å². The lowest BCUT2D eigenvalue weighted by Crippen LogP contribution is -2.46. The predicted molar refractivity (Wildman–Crippen MR) is 67.1 cm³/mol. The highest BCUT2D eigenvalue weighted by atomic mass is 32.2. The number of carbonyl (C=O) groups excluding carboxylic acids is 1. The molecule has 6 nitrogen and oxygen atoms in total. The zero-order chi connectivity index (χ0) is 13.4. The molecule has 0 radical (unpaired) electrons. The van der Waals surface area contributed by atoms with Gasteiger partial charge in [0.15, 0.2) is 0 Å². The fraction of sp³-hybridized carbons (Fsp3) is 0.545. The molecular formula is C11H16N2O4S. The minimum atomic E-state index is -1.01. The molecule has 7 heteroatoms. The SMILES string of the molecule is C=C1NC(=O)C(C)=CN1[C@@H]1S[C@H](CO)C(O)[C@@H]1O. The summed E-state index contributed by atoms with van der Waals surface area (Å²) < 4.78 is 0. The molecule has 2 aliphatic heterocycles. The summed E-state index contributed by atoms with van der Waals surface area (Å²) in [6, 6.07) is 0. The molecule has 2 heterocycles. The predicted octanol–water partition coefficient (Wildman–Crippen LogP) is -1.05. The highest BCUT2D eigenvalue weighted by Gasteiger charge is 2.45. The summed E-state index contributed by atoms with van der Waals surface area (Å²) in [5.74, 6) is 0.126. The molecule has 0 bridgehead atoms. The van der Waals surface area contributed by atoms with Crippen molar-refractivity contribution in [2.24, 2.45) is 0 Å². The maximum absolute atomic E-state index is 11.4. The van der Waals surface area contributed by atoms with E-state index in [4.69, 9.17) is 5.11 Å². The standard InChI is InChI=1S/C11H16N2O4S/c1-5-3-13(6(2)12-10(5)17)11-9(16)8(15)7(4-14)18-11/h3,7-9,11,14-16H,2,4H2,1H3,(H,12,17)/t7-,8?,9+,11-/m1/s1. The van der Waals surface area contributed by atoms with E-state index in [1.165, 1.54) is 11.8 Å². The Morgan fingerprint density at radius 1 is 1.50 bits per heavy atom.